The average Bonchev–Trinajstić information content (AvgIpc) is 2.04. The van der Waals surface area contributed by atoms with Crippen molar-refractivity contribution in [1.29, 1.82) is 0 Å². The van der Waals surface area contributed by atoms with Crippen molar-refractivity contribution in [3.63, 3.8) is 0 Å². The predicted molar refractivity (Wildman–Crippen MR) is 55.9 cm³/mol. The molecular weight excluding hydrogens is 232 g/mol. The molecule has 0 amide bonds. The number of oxime groups is 1. The zero-order chi connectivity index (χ0) is 9.84. The third-order valence-electron chi connectivity index (χ3n) is 1.32. The lowest BCUT2D eigenvalue weighted by molar-refractivity contribution is 0.214. The molecule has 0 N–H and O–H groups in total. The molecule has 0 saturated heterocycles. The van der Waals surface area contributed by atoms with Crippen molar-refractivity contribution in [3.8, 4) is 0 Å². The van der Waals surface area contributed by atoms with E-state index in [2.05, 4.69) is 9.99 Å². The van der Waals surface area contributed by atoms with Crippen molar-refractivity contribution < 1.29 is 4.84 Å². The fraction of sp³-hybridized carbons (Fsp3) is 0.125. The highest BCUT2D eigenvalue weighted by Gasteiger charge is 2.06. The van der Waals surface area contributed by atoms with Gasteiger partial charge in [0.25, 0.3) is 0 Å². The summed E-state index contributed by atoms with van der Waals surface area (Å²) >= 11 is 17.3. The van der Waals surface area contributed by atoms with Gasteiger partial charge in [-0.25, -0.2) is 0 Å². The monoisotopic (exact) mass is 237 g/mol. The molecule has 0 unspecified atom stereocenters. The fourth-order valence-electron chi connectivity index (χ4n) is 0.786. The Kier molecular flexibility index (Phi) is 3.85. The standard InChI is InChI=1S/C8H6Cl3NO/c1-13-12-8(11)6-3-2-5(9)4-7(6)10/h2-4H,1H3/b12-8-. The number of halogens is 3. The van der Waals surface area contributed by atoms with E-state index in [1.165, 1.54) is 7.11 Å². The van der Waals surface area contributed by atoms with E-state index < -0.39 is 0 Å². The molecule has 0 saturated carbocycles. The minimum Gasteiger partial charge on any atom is -0.398 e. The lowest BCUT2D eigenvalue weighted by atomic mass is 10.2. The zero-order valence-corrected chi connectivity index (χ0v) is 8.99. The summed E-state index contributed by atoms with van der Waals surface area (Å²) in [5.74, 6) is 0. The van der Waals surface area contributed by atoms with Crippen LogP contribution in [0.25, 0.3) is 0 Å². The highest BCUT2D eigenvalue weighted by atomic mass is 35.5. The molecule has 0 heterocycles. The Hall–Kier alpha value is -0.440. The minimum atomic E-state index is 0.198. The van der Waals surface area contributed by atoms with Crippen molar-refractivity contribution in [1.82, 2.24) is 0 Å². The fourth-order valence-corrected chi connectivity index (χ4v) is 1.57. The molecule has 1 aromatic carbocycles. The molecule has 0 atom stereocenters. The van der Waals surface area contributed by atoms with Crippen LogP contribution in [0.1, 0.15) is 5.56 Å². The first kappa shape index (κ1) is 10.6. The van der Waals surface area contributed by atoms with Crippen LogP contribution in [0.2, 0.25) is 10.0 Å². The minimum absolute atomic E-state index is 0.198. The molecule has 1 rings (SSSR count). The molecule has 0 aliphatic rings. The van der Waals surface area contributed by atoms with E-state index in [9.17, 15) is 0 Å². The summed E-state index contributed by atoms with van der Waals surface area (Å²) in [5, 5.41) is 4.73. The molecule has 0 aliphatic heterocycles. The Bertz CT molecular complexity index is 338. The molecule has 0 bridgehead atoms. The van der Waals surface area contributed by atoms with Gasteiger partial charge in [-0.3, -0.25) is 0 Å². The summed E-state index contributed by atoms with van der Waals surface area (Å²) in [6.07, 6.45) is 0. The van der Waals surface area contributed by atoms with Gasteiger partial charge in [0.15, 0.2) is 5.17 Å². The highest BCUT2D eigenvalue weighted by molar-refractivity contribution is 6.70. The molecule has 13 heavy (non-hydrogen) atoms. The smallest absolute Gasteiger partial charge is 0.177 e. The Balaban J connectivity index is 3.09. The van der Waals surface area contributed by atoms with Crippen molar-refractivity contribution in [2.24, 2.45) is 5.16 Å². The van der Waals surface area contributed by atoms with Gasteiger partial charge in [-0.05, 0) is 18.2 Å². The van der Waals surface area contributed by atoms with Crippen molar-refractivity contribution in [2.45, 2.75) is 0 Å². The van der Waals surface area contributed by atoms with Crippen LogP contribution in [0.4, 0.5) is 0 Å². The number of nitrogens with zero attached hydrogens (tertiary/aromatic N) is 1. The van der Waals surface area contributed by atoms with Gasteiger partial charge in [-0.1, -0.05) is 40.0 Å². The van der Waals surface area contributed by atoms with Crippen LogP contribution in [-0.2, 0) is 4.84 Å². The average molecular weight is 239 g/mol. The van der Waals surface area contributed by atoms with Gasteiger partial charge in [-0.2, -0.15) is 0 Å². The second kappa shape index (κ2) is 4.70. The van der Waals surface area contributed by atoms with Gasteiger partial charge in [0.05, 0.1) is 5.02 Å². The van der Waals surface area contributed by atoms with Crippen LogP contribution in [0.3, 0.4) is 0 Å². The van der Waals surface area contributed by atoms with E-state index in [4.69, 9.17) is 34.8 Å². The predicted octanol–water partition coefficient (Wildman–Crippen LogP) is 3.54. The summed E-state index contributed by atoms with van der Waals surface area (Å²) in [6, 6.07) is 4.94. The quantitative estimate of drug-likeness (QED) is 0.570. The molecule has 0 aromatic heterocycles. The molecule has 0 spiro atoms. The molecular formula is C8H6Cl3NO. The van der Waals surface area contributed by atoms with Gasteiger partial charge in [0.1, 0.15) is 7.11 Å². The largest absolute Gasteiger partial charge is 0.398 e. The molecule has 0 fully saturated rings. The maximum atomic E-state index is 5.85. The van der Waals surface area contributed by atoms with E-state index in [1.807, 2.05) is 0 Å². The van der Waals surface area contributed by atoms with E-state index in [0.29, 0.717) is 15.6 Å². The van der Waals surface area contributed by atoms with Crippen LogP contribution in [0, 0.1) is 0 Å². The number of benzene rings is 1. The second-order valence-corrected chi connectivity index (χ2v) is 3.39. The summed E-state index contributed by atoms with van der Waals surface area (Å²) < 4.78 is 0. The Morgan fingerprint density at radius 3 is 2.62 bits per heavy atom. The maximum Gasteiger partial charge on any atom is 0.177 e. The third-order valence-corrected chi connectivity index (χ3v) is 2.15. The molecule has 5 heteroatoms. The first-order chi connectivity index (χ1) is 6.15. The highest BCUT2D eigenvalue weighted by Crippen LogP contribution is 2.22. The van der Waals surface area contributed by atoms with E-state index >= 15 is 0 Å². The van der Waals surface area contributed by atoms with Crippen LogP contribution < -0.4 is 0 Å². The number of hydrogen-bond donors (Lipinski definition) is 0. The normalized spacial score (nSPS) is 11.5. The summed E-state index contributed by atoms with van der Waals surface area (Å²) in [7, 11) is 1.41. The van der Waals surface area contributed by atoms with Crippen molar-refractivity contribution in [2.75, 3.05) is 7.11 Å². The Morgan fingerprint density at radius 2 is 2.08 bits per heavy atom. The van der Waals surface area contributed by atoms with E-state index in [1.54, 1.807) is 18.2 Å². The molecule has 2 nitrogen and oxygen atoms in total. The van der Waals surface area contributed by atoms with Crippen molar-refractivity contribution in [3.05, 3.63) is 33.8 Å². The molecule has 0 radical (unpaired) electrons. The van der Waals surface area contributed by atoms with Crippen LogP contribution >= 0.6 is 34.8 Å². The molecule has 70 valence electrons. The van der Waals surface area contributed by atoms with Gasteiger partial charge in [0.2, 0.25) is 0 Å². The van der Waals surface area contributed by atoms with Gasteiger partial charge in [0, 0.05) is 10.6 Å². The van der Waals surface area contributed by atoms with Crippen LogP contribution in [0.15, 0.2) is 23.4 Å². The van der Waals surface area contributed by atoms with Crippen molar-refractivity contribution >= 4 is 40.0 Å². The maximum absolute atomic E-state index is 5.85. The lowest BCUT2D eigenvalue weighted by Gasteiger charge is -2.00. The first-order valence-corrected chi connectivity index (χ1v) is 4.50. The Morgan fingerprint density at radius 1 is 1.38 bits per heavy atom. The van der Waals surface area contributed by atoms with Crippen LogP contribution in [0.5, 0.6) is 0 Å². The topological polar surface area (TPSA) is 21.6 Å². The first-order valence-electron chi connectivity index (χ1n) is 3.37. The SMILES string of the molecule is CO/N=C(\Cl)c1ccc(Cl)cc1Cl. The van der Waals surface area contributed by atoms with Gasteiger partial charge in [-0.15, -0.1) is 0 Å². The molecule has 0 aliphatic carbocycles. The zero-order valence-electron chi connectivity index (χ0n) is 6.72. The summed E-state index contributed by atoms with van der Waals surface area (Å²) in [5.41, 5.74) is 0.592. The molecule has 1 aromatic rings. The van der Waals surface area contributed by atoms with Crippen LogP contribution in [-0.4, -0.2) is 12.3 Å². The van der Waals surface area contributed by atoms with Gasteiger partial charge >= 0.3 is 0 Å². The van der Waals surface area contributed by atoms with Gasteiger partial charge < -0.3 is 4.84 Å². The number of rotatable bonds is 2. The second-order valence-electron chi connectivity index (χ2n) is 2.19. The lowest BCUT2D eigenvalue weighted by Crippen LogP contribution is -1.92. The summed E-state index contributed by atoms with van der Waals surface area (Å²) in [6.45, 7) is 0. The third kappa shape index (κ3) is 2.76. The Labute approximate surface area is 91.0 Å². The summed E-state index contributed by atoms with van der Waals surface area (Å²) in [4.78, 5) is 4.51. The van der Waals surface area contributed by atoms with E-state index in [-0.39, 0.29) is 5.17 Å². The number of hydrogen-bond acceptors (Lipinski definition) is 2. The van der Waals surface area contributed by atoms with E-state index in [0.717, 1.165) is 0 Å².